The summed E-state index contributed by atoms with van der Waals surface area (Å²) >= 11 is 0. The number of Topliss-reactive ketones (excluding diaryl/α,β-unsaturated/α-hetero) is 2. The number of fused-ring (bicyclic) bond motifs is 1. The molecule has 6 nitrogen and oxygen atoms in total. The van der Waals surface area contributed by atoms with Crippen LogP contribution in [0, 0.1) is 6.92 Å². The van der Waals surface area contributed by atoms with Gasteiger partial charge in [0.25, 0.3) is 0 Å². The monoisotopic (exact) mass is 426 g/mol. The smallest absolute Gasteiger partial charge is 0.338 e. The summed E-state index contributed by atoms with van der Waals surface area (Å²) in [7, 11) is 0. The number of carbonyl (C=O) groups is 3. The molecule has 0 aliphatic carbocycles. The van der Waals surface area contributed by atoms with Crippen molar-refractivity contribution < 1.29 is 23.5 Å². The molecule has 0 saturated carbocycles. The van der Waals surface area contributed by atoms with Gasteiger partial charge < -0.3 is 9.15 Å². The fraction of sp³-hybridized carbons (Fsp3) is 0.0769. The first kappa shape index (κ1) is 20.9. The molecule has 0 amide bonds. The van der Waals surface area contributed by atoms with E-state index in [1.54, 1.807) is 42.5 Å². The van der Waals surface area contributed by atoms with E-state index in [0.717, 1.165) is 5.56 Å². The Bertz CT molecular complexity index is 1380. The number of hydrogen-bond acceptors (Lipinski definition) is 6. The zero-order valence-electron chi connectivity index (χ0n) is 17.2. The molecule has 0 N–H and O–H groups in total. The molecule has 0 bridgehead atoms. The maximum absolute atomic E-state index is 12.5. The van der Waals surface area contributed by atoms with E-state index in [1.165, 1.54) is 30.3 Å². The normalized spacial score (nSPS) is 10.7. The summed E-state index contributed by atoms with van der Waals surface area (Å²) < 4.78 is 10.6. The molecule has 0 fully saturated rings. The predicted molar refractivity (Wildman–Crippen MR) is 118 cm³/mol. The second-order valence-corrected chi connectivity index (χ2v) is 7.27. The number of benzene rings is 3. The van der Waals surface area contributed by atoms with E-state index >= 15 is 0 Å². The Kier molecular flexibility index (Phi) is 5.77. The van der Waals surface area contributed by atoms with E-state index in [0.29, 0.717) is 22.1 Å². The minimum Gasteiger partial charge on any atom is -0.457 e. The standard InChI is InChI=1S/C26H18O6/c1-16-7-12-21-20(14-23(27)32-22(21)13-16)15-31-26(30)19-10-8-18(9-11-19)25(29)24(28)17-5-3-2-4-6-17/h2-14H,15H2,1H3. The van der Waals surface area contributed by atoms with Crippen molar-refractivity contribution in [2.24, 2.45) is 0 Å². The van der Waals surface area contributed by atoms with Gasteiger partial charge in [0.2, 0.25) is 11.6 Å². The second kappa shape index (κ2) is 8.81. The van der Waals surface area contributed by atoms with Gasteiger partial charge in [0, 0.05) is 28.1 Å². The highest BCUT2D eigenvalue weighted by Gasteiger charge is 2.19. The van der Waals surface area contributed by atoms with E-state index in [9.17, 15) is 19.2 Å². The summed E-state index contributed by atoms with van der Waals surface area (Å²) in [5, 5.41) is 0.684. The van der Waals surface area contributed by atoms with Crippen molar-refractivity contribution in [2.75, 3.05) is 0 Å². The van der Waals surface area contributed by atoms with Gasteiger partial charge in [-0.2, -0.15) is 0 Å². The number of aryl methyl sites for hydroxylation is 1. The van der Waals surface area contributed by atoms with Crippen LogP contribution in [-0.4, -0.2) is 17.5 Å². The Morgan fingerprint density at radius 3 is 2.09 bits per heavy atom. The number of esters is 1. The van der Waals surface area contributed by atoms with Crippen LogP contribution in [0.2, 0.25) is 0 Å². The first-order valence-corrected chi connectivity index (χ1v) is 9.87. The fourth-order valence-corrected chi connectivity index (χ4v) is 3.29. The molecule has 0 aliphatic heterocycles. The molecule has 0 aliphatic rings. The number of hydrogen-bond donors (Lipinski definition) is 0. The minimum absolute atomic E-state index is 0.114. The van der Waals surface area contributed by atoms with E-state index in [2.05, 4.69) is 0 Å². The summed E-state index contributed by atoms with van der Waals surface area (Å²) in [6.07, 6.45) is 0. The highest BCUT2D eigenvalue weighted by molar-refractivity contribution is 6.49. The Morgan fingerprint density at radius 2 is 1.41 bits per heavy atom. The molecule has 0 spiro atoms. The van der Waals surface area contributed by atoms with Crippen LogP contribution in [0.4, 0.5) is 0 Å². The van der Waals surface area contributed by atoms with E-state index in [4.69, 9.17) is 9.15 Å². The number of carbonyl (C=O) groups excluding carboxylic acids is 3. The highest BCUT2D eigenvalue weighted by Crippen LogP contribution is 2.20. The topological polar surface area (TPSA) is 90.7 Å². The van der Waals surface area contributed by atoms with Crippen LogP contribution in [0.3, 0.4) is 0 Å². The molecule has 0 atom stereocenters. The van der Waals surface area contributed by atoms with Crippen molar-refractivity contribution in [1.29, 1.82) is 0 Å². The second-order valence-electron chi connectivity index (χ2n) is 7.27. The molecule has 3 aromatic carbocycles. The van der Waals surface area contributed by atoms with Gasteiger partial charge in [-0.1, -0.05) is 54.6 Å². The van der Waals surface area contributed by atoms with Crippen LogP contribution in [0.25, 0.3) is 11.0 Å². The third-order valence-corrected chi connectivity index (χ3v) is 4.97. The number of rotatable bonds is 6. The Labute approximate surface area is 183 Å². The van der Waals surface area contributed by atoms with Crippen LogP contribution in [0.5, 0.6) is 0 Å². The summed E-state index contributed by atoms with van der Waals surface area (Å²) in [4.78, 5) is 49.0. The van der Waals surface area contributed by atoms with Crippen molar-refractivity contribution in [3.8, 4) is 0 Å². The van der Waals surface area contributed by atoms with Gasteiger partial charge in [0.1, 0.15) is 12.2 Å². The third-order valence-electron chi connectivity index (χ3n) is 4.97. The summed E-state index contributed by atoms with van der Waals surface area (Å²) in [6.45, 7) is 1.77. The number of ketones is 2. The lowest BCUT2D eigenvalue weighted by Crippen LogP contribution is -2.14. The average Bonchev–Trinajstić information content (AvgIpc) is 2.81. The molecule has 1 heterocycles. The largest absolute Gasteiger partial charge is 0.457 e. The van der Waals surface area contributed by atoms with Crippen molar-refractivity contribution in [3.63, 3.8) is 0 Å². The Hall–Kier alpha value is -4.32. The van der Waals surface area contributed by atoms with Crippen LogP contribution in [0.1, 0.15) is 42.2 Å². The van der Waals surface area contributed by atoms with E-state index in [1.807, 2.05) is 13.0 Å². The van der Waals surface area contributed by atoms with Gasteiger partial charge in [0.15, 0.2) is 0 Å². The lowest BCUT2D eigenvalue weighted by molar-refractivity contribution is 0.0473. The zero-order chi connectivity index (χ0) is 22.7. The number of ether oxygens (including phenoxy) is 1. The SMILES string of the molecule is Cc1ccc2c(COC(=O)c3ccc(C(=O)C(=O)c4ccccc4)cc3)cc(=O)oc2c1. The molecular weight excluding hydrogens is 408 g/mol. The van der Waals surface area contributed by atoms with Crippen molar-refractivity contribution >= 4 is 28.5 Å². The lowest BCUT2D eigenvalue weighted by Gasteiger charge is -2.08. The van der Waals surface area contributed by atoms with Crippen molar-refractivity contribution in [1.82, 2.24) is 0 Å². The molecule has 0 unspecified atom stereocenters. The molecule has 4 rings (SSSR count). The molecule has 4 aromatic rings. The highest BCUT2D eigenvalue weighted by atomic mass is 16.5. The molecular formula is C26H18O6. The van der Waals surface area contributed by atoms with Crippen LogP contribution >= 0.6 is 0 Å². The quantitative estimate of drug-likeness (QED) is 0.195. The molecule has 0 radical (unpaired) electrons. The fourth-order valence-electron chi connectivity index (χ4n) is 3.29. The van der Waals surface area contributed by atoms with Gasteiger partial charge in [-0.15, -0.1) is 0 Å². The Morgan fingerprint density at radius 1 is 0.781 bits per heavy atom. The summed E-state index contributed by atoms with van der Waals surface area (Å²) in [5.41, 5.74) is 2.07. The summed E-state index contributed by atoms with van der Waals surface area (Å²) in [5.74, 6) is -1.90. The van der Waals surface area contributed by atoms with E-state index in [-0.39, 0.29) is 17.7 Å². The van der Waals surface area contributed by atoms with Gasteiger partial charge >= 0.3 is 11.6 Å². The van der Waals surface area contributed by atoms with Gasteiger partial charge in [0.05, 0.1) is 5.56 Å². The first-order valence-electron chi connectivity index (χ1n) is 9.87. The maximum Gasteiger partial charge on any atom is 0.338 e. The Balaban J connectivity index is 1.47. The minimum atomic E-state index is -0.658. The summed E-state index contributed by atoms with van der Waals surface area (Å²) in [6, 6.07) is 20.7. The van der Waals surface area contributed by atoms with E-state index < -0.39 is 23.2 Å². The molecule has 32 heavy (non-hydrogen) atoms. The average molecular weight is 426 g/mol. The van der Waals surface area contributed by atoms with Gasteiger partial charge in [-0.3, -0.25) is 9.59 Å². The van der Waals surface area contributed by atoms with Crippen molar-refractivity contribution in [3.05, 3.63) is 117 Å². The predicted octanol–water partition coefficient (Wildman–Crippen LogP) is 4.52. The van der Waals surface area contributed by atoms with Crippen LogP contribution in [0.15, 0.2) is 88.1 Å². The molecule has 0 saturated heterocycles. The first-order chi connectivity index (χ1) is 15.4. The maximum atomic E-state index is 12.5. The molecule has 158 valence electrons. The van der Waals surface area contributed by atoms with Gasteiger partial charge in [-0.05, 0) is 30.7 Å². The van der Waals surface area contributed by atoms with Crippen molar-refractivity contribution in [2.45, 2.75) is 13.5 Å². The third kappa shape index (κ3) is 4.39. The zero-order valence-corrected chi connectivity index (χ0v) is 17.2. The van der Waals surface area contributed by atoms with Crippen LogP contribution < -0.4 is 5.63 Å². The molecule has 1 aromatic heterocycles. The van der Waals surface area contributed by atoms with Gasteiger partial charge in [-0.25, -0.2) is 9.59 Å². The molecule has 6 heteroatoms. The van der Waals surface area contributed by atoms with Crippen LogP contribution in [-0.2, 0) is 11.3 Å². The lowest BCUT2D eigenvalue weighted by atomic mass is 10.0.